The molecule has 2 heterocycles. The average Bonchev–Trinajstić information content (AvgIpc) is 2.75. The van der Waals surface area contributed by atoms with Gasteiger partial charge in [-0.05, 0) is 11.1 Å². The lowest BCUT2D eigenvalue weighted by Crippen LogP contribution is -2.60. The van der Waals surface area contributed by atoms with E-state index in [0.717, 1.165) is 11.1 Å². The number of fused-ring (bicyclic) bond motifs is 1. The summed E-state index contributed by atoms with van der Waals surface area (Å²) in [5.74, 6) is 0. The third-order valence-corrected chi connectivity index (χ3v) is 4.80. The first-order valence-electron chi connectivity index (χ1n) is 9.07. The molecule has 0 bridgehead atoms. The van der Waals surface area contributed by atoms with Crippen LogP contribution < -0.4 is 0 Å². The smallest absolute Gasteiger partial charge is 0.190 e. The summed E-state index contributed by atoms with van der Waals surface area (Å²) in [4.78, 5) is 2.80. The molecule has 146 valence electrons. The zero-order chi connectivity index (χ0) is 19.3. The molecule has 0 aromatic heterocycles. The Morgan fingerprint density at radius 3 is 2.50 bits per heavy atom. The van der Waals surface area contributed by atoms with E-state index in [-0.39, 0.29) is 13.2 Å². The largest absolute Gasteiger partial charge is 0.346 e. The van der Waals surface area contributed by atoms with Crippen molar-refractivity contribution in [1.82, 2.24) is 0 Å². The van der Waals surface area contributed by atoms with Crippen LogP contribution in [0.15, 0.2) is 65.8 Å². The summed E-state index contributed by atoms with van der Waals surface area (Å²) >= 11 is 0. The van der Waals surface area contributed by atoms with Crippen LogP contribution in [0, 0.1) is 0 Å². The van der Waals surface area contributed by atoms with E-state index in [0.29, 0.717) is 0 Å². The topological polar surface area (TPSA) is 85.7 Å². The van der Waals surface area contributed by atoms with Crippen molar-refractivity contribution in [2.45, 2.75) is 43.6 Å². The highest BCUT2D eigenvalue weighted by molar-refractivity contribution is 5.17. The van der Waals surface area contributed by atoms with Gasteiger partial charge in [0.15, 0.2) is 18.8 Å². The van der Waals surface area contributed by atoms with Gasteiger partial charge < -0.3 is 18.9 Å². The third-order valence-electron chi connectivity index (χ3n) is 4.80. The molecule has 0 N–H and O–H groups in total. The molecule has 2 aromatic carbocycles. The first-order valence-corrected chi connectivity index (χ1v) is 9.07. The van der Waals surface area contributed by atoms with Crippen LogP contribution in [-0.4, -0.2) is 37.3 Å². The third kappa shape index (κ3) is 4.01. The zero-order valence-corrected chi connectivity index (χ0v) is 15.0. The molecule has 6 atom stereocenters. The van der Waals surface area contributed by atoms with Crippen molar-refractivity contribution in [3.63, 3.8) is 0 Å². The number of benzene rings is 2. The lowest BCUT2D eigenvalue weighted by atomic mass is 9.96. The monoisotopic (exact) mass is 385 g/mol. The highest BCUT2D eigenvalue weighted by Gasteiger charge is 2.50. The predicted molar refractivity (Wildman–Crippen MR) is 97.7 cm³/mol. The van der Waals surface area contributed by atoms with Gasteiger partial charge in [0, 0.05) is 10.5 Å². The summed E-state index contributed by atoms with van der Waals surface area (Å²) in [6.45, 7) is 0.361. The van der Waals surface area contributed by atoms with Gasteiger partial charge >= 0.3 is 0 Å². The molecule has 0 aliphatic carbocycles. The minimum absolute atomic E-state index is 0.180. The molecule has 2 fully saturated rings. The molecule has 0 saturated carbocycles. The Morgan fingerprint density at radius 2 is 1.79 bits per heavy atom. The molecule has 0 amide bonds. The van der Waals surface area contributed by atoms with Crippen molar-refractivity contribution >= 4 is 0 Å². The van der Waals surface area contributed by atoms with Gasteiger partial charge in [-0.15, -0.1) is 0 Å². The number of rotatable bonds is 5. The van der Waals surface area contributed by atoms with Crippen LogP contribution in [0.1, 0.15) is 17.4 Å². The van der Waals surface area contributed by atoms with Crippen molar-refractivity contribution in [3.05, 3.63) is 82.2 Å². The fraction of sp³-hybridized carbons (Fsp3) is 0.400. The van der Waals surface area contributed by atoms with E-state index in [1.807, 2.05) is 60.7 Å². The van der Waals surface area contributed by atoms with Crippen LogP contribution in [0.25, 0.3) is 10.4 Å². The number of alkyl halides is 1. The fourth-order valence-corrected chi connectivity index (χ4v) is 3.41. The summed E-state index contributed by atoms with van der Waals surface area (Å²) < 4.78 is 38.1. The van der Waals surface area contributed by atoms with Gasteiger partial charge in [-0.1, -0.05) is 65.8 Å². The van der Waals surface area contributed by atoms with Crippen LogP contribution in [-0.2, 0) is 25.6 Å². The van der Waals surface area contributed by atoms with E-state index in [4.69, 9.17) is 24.5 Å². The molecule has 28 heavy (non-hydrogen) atoms. The number of halogens is 1. The van der Waals surface area contributed by atoms with Crippen LogP contribution >= 0.6 is 0 Å². The second kappa shape index (κ2) is 8.68. The number of hydrogen-bond donors (Lipinski definition) is 0. The van der Waals surface area contributed by atoms with Crippen molar-refractivity contribution in [2.24, 2.45) is 5.11 Å². The van der Waals surface area contributed by atoms with Crippen LogP contribution in [0.4, 0.5) is 4.39 Å². The average molecular weight is 385 g/mol. The van der Waals surface area contributed by atoms with Gasteiger partial charge in [0.05, 0.1) is 13.2 Å². The van der Waals surface area contributed by atoms with Gasteiger partial charge in [-0.2, -0.15) is 0 Å². The number of nitrogens with zero attached hydrogens (tertiary/aromatic N) is 3. The Labute approximate surface area is 161 Å². The predicted octanol–water partition coefficient (Wildman–Crippen LogP) is 4.06. The number of hydrogen-bond acceptors (Lipinski definition) is 5. The highest BCUT2D eigenvalue weighted by Crippen LogP contribution is 2.36. The van der Waals surface area contributed by atoms with Gasteiger partial charge in [0.25, 0.3) is 0 Å². The molecule has 8 heteroatoms. The van der Waals surface area contributed by atoms with Gasteiger partial charge in [0.2, 0.25) is 0 Å². The molecular formula is C20H20FN3O4. The van der Waals surface area contributed by atoms with E-state index in [2.05, 4.69) is 10.0 Å². The van der Waals surface area contributed by atoms with Gasteiger partial charge in [0.1, 0.15) is 18.2 Å². The van der Waals surface area contributed by atoms with Crippen LogP contribution in [0.5, 0.6) is 0 Å². The van der Waals surface area contributed by atoms with Crippen molar-refractivity contribution < 1.29 is 23.3 Å². The zero-order valence-electron chi connectivity index (χ0n) is 15.0. The first kappa shape index (κ1) is 18.9. The summed E-state index contributed by atoms with van der Waals surface area (Å²) in [5, 5.41) is 3.65. The van der Waals surface area contributed by atoms with E-state index in [1.54, 1.807) is 0 Å². The maximum Gasteiger partial charge on any atom is 0.190 e. The maximum absolute atomic E-state index is 15.1. The molecule has 0 radical (unpaired) electrons. The molecule has 2 aliphatic rings. The summed E-state index contributed by atoms with van der Waals surface area (Å²) in [6.07, 6.45) is -4.85. The summed E-state index contributed by atoms with van der Waals surface area (Å²) in [5.41, 5.74) is 10.6. The molecular weight excluding hydrogens is 365 g/mol. The van der Waals surface area contributed by atoms with Crippen LogP contribution in [0.3, 0.4) is 0 Å². The minimum Gasteiger partial charge on any atom is -0.346 e. The van der Waals surface area contributed by atoms with Crippen molar-refractivity contribution in [1.29, 1.82) is 0 Å². The second-order valence-electron chi connectivity index (χ2n) is 6.66. The normalized spacial score (nSPS) is 32.2. The molecule has 2 aliphatic heterocycles. The lowest BCUT2D eigenvalue weighted by molar-refractivity contribution is -0.336. The molecule has 1 unspecified atom stereocenters. The number of azide groups is 1. The maximum atomic E-state index is 15.1. The Bertz CT molecular complexity index is 819. The van der Waals surface area contributed by atoms with Crippen LogP contribution in [0.2, 0.25) is 0 Å². The Morgan fingerprint density at radius 1 is 1.07 bits per heavy atom. The molecule has 0 spiro atoms. The van der Waals surface area contributed by atoms with Crippen molar-refractivity contribution in [2.75, 3.05) is 6.61 Å². The Balaban J connectivity index is 1.48. The molecule has 2 aromatic rings. The highest BCUT2D eigenvalue weighted by atomic mass is 19.1. The summed E-state index contributed by atoms with van der Waals surface area (Å²) in [6, 6.07) is 17.6. The second-order valence-corrected chi connectivity index (χ2v) is 6.66. The SMILES string of the molecule is [N-]=[N+]=N[C@H]1[C@@H](F)[C@H](OCc2ccccc2)O[C@@H]2COC(c3ccccc3)O[C@H]12. The summed E-state index contributed by atoms with van der Waals surface area (Å²) in [7, 11) is 0. The van der Waals surface area contributed by atoms with E-state index in [1.165, 1.54) is 0 Å². The number of ether oxygens (including phenoxy) is 4. The fourth-order valence-electron chi connectivity index (χ4n) is 3.41. The van der Waals surface area contributed by atoms with Gasteiger partial charge in [-0.25, -0.2) is 4.39 Å². The quantitative estimate of drug-likeness (QED) is 0.441. The molecule has 2 saturated heterocycles. The standard InChI is InChI=1S/C20H20FN3O4/c21-16-17(23-24-22)18-15(12-26-19(28-18)14-9-5-2-6-10-14)27-20(16)25-11-13-7-3-1-4-8-13/h1-10,15-20H,11-12H2/t15-,16-,17+,18+,19?,20-/m1/s1. The van der Waals surface area contributed by atoms with Gasteiger partial charge in [-0.3, -0.25) is 0 Å². The molecule has 7 nitrogen and oxygen atoms in total. The lowest BCUT2D eigenvalue weighted by Gasteiger charge is -2.45. The Kier molecular flexibility index (Phi) is 5.85. The molecule has 4 rings (SSSR count). The Hall–Kier alpha value is -2.48. The van der Waals surface area contributed by atoms with E-state index in [9.17, 15) is 0 Å². The first-order chi connectivity index (χ1) is 13.8. The van der Waals surface area contributed by atoms with E-state index >= 15 is 4.39 Å². The van der Waals surface area contributed by atoms with Crippen molar-refractivity contribution in [3.8, 4) is 0 Å². The van der Waals surface area contributed by atoms with E-state index < -0.39 is 37.0 Å². The minimum atomic E-state index is -1.66.